The number of anilines is 2. The maximum absolute atomic E-state index is 13.3. The largest absolute Gasteiger partial charge is 0.399 e. The molecule has 19 heavy (non-hydrogen) atoms. The van der Waals surface area contributed by atoms with Gasteiger partial charge in [0.25, 0.3) is 5.91 Å². The molecule has 2 aromatic carbocycles. The number of rotatable bonds is 2. The summed E-state index contributed by atoms with van der Waals surface area (Å²) in [5.74, 6) is -1.10. The Kier molecular flexibility index (Phi) is 3.71. The monoisotopic (exact) mass is 278 g/mol. The number of nitrogen functional groups attached to an aromatic ring is 1. The minimum absolute atomic E-state index is 0.0866. The lowest BCUT2D eigenvalue weighted by atomic mass is 10.1. The molecule has 0 atom stereocenters. The molecule has 0 aliphatic carbocycles. The van der Waals surface area contributed by atoms with Crippen molar-refractivity contribution in [1.82, 2.24) is 0 Å². The van der Waals surface area contributed by atoms with Crippen LogP contribution in [0.5, 0.6) is 0 Å². The molecule has 0 aliphatic heterocycles. The molecular formula is C14H12ClFN2O. The van der Waals surface area contributed by atoms with Gasteiger partial charge in [0.05, 0.1) is 10.6 Å². The Morgan fingerprint density at radius 3 is 2.79 bits per heavy atom. The number of nitrogens with one attached hydrogen (secondary N) is 1. The lowest BCUT2D eigenvalue weighted by Crippen LogP contribution is -2.14. The Hall–Kier alpha value is -2.07. The lowest BCUT2D eigenvalue weighted by Gasteiger charge is -2.10. The molecule has 0 saturated heterocycles. The van der Waals surface area contributed by atoms with Crippen LogP contribution >= 0.6 is 11.6 Å². The van der Waals surface area contributed by atoms with Crippen LogP contribution < -0.4 is 11.1 Å². The zero-order chi connectivity index (χ0) is 14.0. The lowest BCUT2D eigenvalue weighted by molar-refractivity contribution is 0.102. The average molecular weight is 279 g/mol. The average Bonchev–Trinajstić information content (AvgIpc) is 2.37. The fraction of sp³-hybridized carbons (Fsp3) is 0.0714. The first-order valence-corrected chi connectivity index (χ1v) is 5.98. The van der Waals surface area contributed by atoms with Crippen molar-refractivity contribution in [1.29, 1.82) is 0 Å². The van der Waals surface area contributed by atoms with E-state index in [1.807, 2.05) is 6.92 Å². The van der Waals surface area contributed by atoms with Crippen molar-refractivity contribution in [2.45, 2.75) is 6.92 Å². The summed E-state index contributed by atoms with van der Waals surface area (Å²) in [4.78, 5) is 12.0. The van der Waals surface area contributed by atoms with E-state index in [4.69, 9.17) is 17.3 Å². The van der Waals surface area contributed by atoms with E-state index in [0.29, 0.717) is 11.4 Å². The van der Waals surface area contributed by atoms with Gasteiger partial charge in [0, 0.05) is 11.4 Å². The van der Waals surface area contributed by atoms with Crippen LogP contribution in [0.3, 0.4) is 0 Å². The zero-order valence-electron chi connectivity index (χ0n) is 10.2. The standard InChI is InChI=1S/C14H12ClFN2O/c1-8-5-6-9(17)7-12(8)18-14(19)10-3-2-4-11(16)13(10)15/h2-7H,17H2,1H3,(H,18,19). The van der Waals surface area contributed by atoms with Crippen LogP contribution in [-0.2, 0) is 0 Å². The summed E-state index contributed by atoms with van der Waals surface area (Å²) in [6, 6.07) is 9.26. The molecule has 0 radical (unpaired) electrons. The first-order chi connectivity index (χ1) is 8.99. The van der Waals surface area contributed by atoms with Crippen molar-refractivity contribution in [3.63, 3.8) is 0 Å². The summed E-state index contributed by atoms with van der Waals surface area (Å²) < 4.78 is 13.3. The van der Waals surface area contributed by atoms with Crippen LogP contribution in [0.25, 0.3) is 0 Å². The highest BCUT2D eigenvalue weighted by Crippen LogP contribution is 2.23. The van der Waals surface area contributed by atoms with Crippen molar-refractivity contribution in [2.24, 2.45) is 0 Å². The van der Waals surface area contributed by atoms with Gasteiger partial charge in [0.2, 0.25) is 0 Å². The molecule has 2 aromatic rings. The molecule has 0 saturated carbocycles. The summed E-state index contributed by atoms with van der Waals surface area (Å²) in [6.45, 7) is 1.84. The quantitative estimate of drug-likeness (QED) is 0.824. The molecule has 0 bridgehead atoms. The molecule has 0 aromatic heterocycles. The van der Waals surface area contributed by atoms with Crippen LogP contribution in [0.15, 0.2) is 36.4 Å². The van der Waals surface area contributed by atoms with E-state index in [-0.39, 0.29) is 10.6 Å². The van der Waals surface area contributed by atoms with Crippen LogP contribution in [-0.4, -0.2) is 5.91 Å². The molecule has 0 unspecified atom stereocenters. The van der Waals surface area contributed by atoms with Gasteiger partial charge >= 0.3 is 0 Å². The first kappa shape index (κ1) is 13.4. The molecule has 0 fully saturated rings. The topological polar surface area (TPSA) is 55.1 Å². The van der Waals surface area contributed by atoms with Gasteiger partial charge in [-0.2, -0.15) is 0 Å². The predicted molar refractivity (Wildman–Crippen MR) is 75.0 cm³/mol. The van der Waals surface area contributed by atoms with Gasteiger partial charge in [-0.15, -0.1) is 0 Å². The normalized spacial score (nSPS) is 10.3. The van der Waals surface area contributed by atoms with Crippen molar-refractivity contribution < 1.29 is 9.18 Å². The molecule has 3 nitrogen and oxygen atoms in total. The molecule has 1 amide bonds. The van der Waals surface area contributed by atoms with Crippen molar-refractivity contribution in [2.75, 3.05) is 11.1 Å². The van der Waals surface area contributed by atoms with E-state index in [1.165, 1.54) is 18.2 Å². The van der Waals surface area contributed by atoms with Crippen LogP contribution in [0.4, 0.5) is 15.8 Å². The molecule has 2 rings (SSSR count). The number of carbonyl (C=O) groups excluding carboxylic acids is 1. The SMILES string of the molecule is Cc1ccc(N)cc1NC(=O)c1cccc(F)c1Cl. The number of nitrogens with two attached hydrogens (primary N) is 1. The Bertz CT molecular complexity index is 643. The third-order valence-corrected chi connectivity index (χ3v) is 3.09. The Labute approximate surface area is 115 Å². The number of halogens is 2. The molecule has 0 heterocycles. The first-order valence-electron chi connectivity index (χ1n) is 5.60. The van der Waals surface area contributed by atoms with E-state index in [1.54, 1.807) is 18.2 Å². The maximum Gasteiger partial charge on any atom is 0.257 e. The molecule has 5 heteroatoms. The summed E-state index contributed by atoms with van der Waals surface area (Å²) >= 11 is 5.76. The maximum atomic E-state index is 13.3. The number of benzene rings is 2. The third-order valence-electron chi connectivity index (χ3n) is 2.71. The fourth-order valence-electron chi connectivity index (χ4n) is 1.64. The number of carbonyl (C=O) groups is 1. The van der Waals surface area contributed by atoms with Crippen LogP contribution in [0, 0.1) is 12.7 Å². The van der Waals surface area contributed by atoms with Gasteiger partial charge in [0.15, 0.2) is 0 Å². The number of hydrogen-bond acceptors (Lipinski definition) is 2. The second-order valence-electron chi connectivity index (χ2n) is 4.13. The summed E-state index contributed by atoms with van der Waals surface area (Å²) in [5.41, 5.74) is 7.71. The van der Waals surface area contributed by atoms with Crippen molar-refractivity contribution >= 4 is 28.9 Å². The molecule has 0 spiro atoms. The second kappa shape index (κ2) is 5.28. The Morgan fingerprint density at radius 2 is 2.05 bits per heavy atom. The number of aryl methyl sites for hydroxylation is 1. The van der Waals surface area contributed by atoms with E-state index < -0.39 is 11.7 Å². The van der Waals surface area contributed by atoms with Gasteiger partial charge in [-0.3, -0.25) is 4.79 Å². The van der Waals surface area contributed by atoms with Gasteiger partial charge in [0.1, 0.15) is 5.82 Å². The van der Waals surface area contributed by atoms with Crippen LogP contribution in [0.2, 0.25) is 5.02 Å². The minimum atomic E-state index is -0.626. The van der Waals surface area contributed by atoms with E-state index in [2.05, 4.69) is 5.32 Å². The highest BCUT2D eigenvalue weighted by atomic mass is 35.5. The fourth-order valence-corrected chi connectivity index (χ4v) is 1.85. The summed E-state index contributed by atoms with van der Waals surface area (Å²) in [6.07, 6.45) is 0. The molecular weight excluding hydrogens is 267 g/mol. The molecule has 3 N–H and O–H groups in total. The van der Waals surface area contributed by atoms with Gasteiger partial charge < -0.3 is 11.1 Å². The summed E-state index contributed by atoms with van der Waals surface area (Å²) in [7, 11) is 0. The van der Waals surface area contributed by atoms with E-state index in [9.17, 15) is 9.18 Å². The minimum Gasteiger partial charge on any atom is -0.399 e. The number of hydrogen-bond donors (Lipinski definition) is 2. The van der Waals surface area contributed by atoms with Gasteiger partial charge in [-0.05, 0) is 36.8 Å². The highest BCUT2D eigenvalue weighted by Gasteiger charge is 2.14. The smallest absolute Gasteiger partial charge is 0.257 e. The van der Waals surface area contributed by atoms with Crippen molar-refractivity contribution in [3.8, 4) is 0 Å². The zero-order valence-corrected chi connectivity index (χ0v) is 11.0. The summed E-state index contributed by atoms with van der Waals surface area (Å²) in [5, 5.41) is 2.47. The Morgan fingerprint density at radius 1 is 1.32 bits per heavy atom. The van der Waals surface area contributed by atoms with Gasteiger partial charge in [-0.1, -0.05) is 23.7 Å². The van der Waals surface area contributed by atoms with E-state index in [0.717, 1.165) is 5.56 Å². The Balaban J connectivity index is 2.31. The van der Waals surface area contributed by atoms with Crippen LogP contribution in [0.1, 0.15) is 15.9 Å². The van der Waals surface area contributed by atoms with E-state index >= 15 is 0 Å². The molecule has 0 aliphatic rings. The van der Waals surface area contributed by atoms with Gasteiger partial charge in [-0.25, -0.2) is 4.39 Å². The predicted octanol–water partition coefficient (Wildman–Crippen LogP) is 3.62. The third kappa shape index (κ3) is 2.85. The van der Waals surface area contributed by atoms with Crippen molar-refractivity contribution in [3.05, 3.63) is 58.4 Å². The number of amides is 1. The molecule has 98 valence electrons. The second-order valence-corrected chi connectivity index (χ2v) is 4.51. The highest BCUT2D eigenvalue weighted by molar-refractivity contribution is 6.34.